The SMILES string of the molecule is CCOC(=O)c1c(NC(=O)NC2CCCNC2=O)sc(-n2cccn2)c1C. The summed E-state index contributed by atoms with van der Waals surface area (Å²) in [5.74, 6) is -0.725. The molecule has 1 unspecified atom stereocenters. The smallest absolute Gasteiger partial charge is 0.341 e. The first kappa shape index (κ1) is 18.9. The maximum absolute atomic E-state index is 12.4. The zero-order valence-corrected chi connectivity index (χ0v) is 15.9. The molecule has 2 aromatic rings. The van der Waals surface area contributed by atoms with Gasteiger partial charge in [0.1, 0.15) is 16.0 Å². The molecular weight excluding hydrogens is 370 g/mol. The van der Waals surface area contributed by atoms with E-state index in [0.717, 1.165) is 6.42 Å². The Morgan fingerprint density at radius 1 is 1.48 bits per heavy atom. The van der Waals surface area contributed by atoms with E-state index < -0.39 is 18.0 Å². The average molecular weight is 391 g/mol. The van der Waals surface area contributed by atoms with Crippen LogP contribution in [0.5, 0.6) is 0 Å². The van der Waals surface area contributed by atoms with E-state index in [1.807, 2.05) is 0 Å². The van der Waals surface area contributed by atoms with Gasteiger partial charge in [0, 0.05) is 24.5 Å². The van der Waals surface area contributed by atoms with E-state index in [1.165, 1.54) is 11.3 Å². The van der Waals surface area contributed by atoms with Crippen molar-refractivity contribution < 1.29 is 19.1 Å². The summed E-state index contributed by atoms with van der Waals surface area (Å²) in [6.07, 6.45) is 4.76. The van der Waals surface area contributed by atoms with Gasteiger partial charge in [-0.05, 0) is 32.8 Å². The number of hydrogen-bond acceptors (Lipinski definition) is 6. The first-order chi connectivity index (χ1) is 13.0. The normalized spacial score (nSPS) is 16.5. The summed E-state index contributed by atoms with van der Waals surface area (Å²) in [4.78, 5) is 36.6. The van der Waals surface area contributed by atoms with Gasteiger partial charge >= 0.3 is 12.0 Å². The number of rotatable bonds is 5. The number of carbonyl (C=O) groups excluding carboxylic acids is 3. The third-order valence-electron chi connectivity index (χ3n) is 4.13. The molecule has 0 spiro atoms. The van der Waals surface area contributed by atoms with Crippen LogP contribution >= 0.6 is 11.3 Å². The van der Waals surface area contributed by atoms with E-state index in [9.17, 15) is 14.4 Å². The maximum atomic E-state index is 12.4. The Hall–Kier alpha value is -2.88. The first-order valence-electron chi connectivity index (χ1n) is 8.67. The van der Waals surface area contributed by atoms with Crippen LogP contribution in [-0.2, 0) is 9.53 Å². The topological polar surface area (TPSA) is 114 Å². The maximum Gasteiger partial charge on any atom is 0.341 e. The molecule has 3 N–H and O–H groups in total. The number of aromatic nitrogens is 2. The highest BCUT2D eigenvalue weighted by atomic mass is 32.1. The third kappa shape index (κ3) is 4.11. The highest BCUT2D eigenvalue weighted by molar-refractivity contribution is 7.19. The largest absolute Gasteiger partial charge is 0.462 e. The van der Waals surface area contributed by atoms with Gasteiger partial charge in [-0.15, -0.1) is 0 Å². The van der Waals surface area contributed by atoms with Gasteiger partial charge in [-0.3, -0.25) is 10.1 Å². The van der Waals surface area contributed by atoms with Gasteiger partial charge in [0.15, 0.2) is 0 Å². The Bertz CT molecular complexity index is 846. The summed E-state index contributed by atoms with van der Waals surface area (Å²) < 4.78 is 6.76. The lowest BCUT2D eigenvalue weighted by Gasteiger charge is -2.22. The van der Waals surface area contributed by atoms with Crippen LogP contribution in [0.4, 0.5) is 9.80 Å². The van der Waals surface area contributed by atoms with E-state index >= 15 is 0 Å². The molecule has 144 valence electrons. The molecule has 1 fully saturated rings. The van der Waals surface area contributed by atoms with Gasteiger partial charge in [0.25, 0.3) is 0 Å². The van der Waals surface area contributed by atoms with E-state index in [0.29, 0.717) is 28.5 Å². The number of thiophene rings is 1. The lowest BCUT2D eigenvalue weighted by molar-refractivity contribution is -0.124. The van der Waals surface area contributed by atoms with Crippen molar-refractivity contribution in [2.24, 2.45) is 0 Å². The number of amides is 3. The molecule has 27 heavy (non-hydrogen) atoms. The molecule has 0 saturated carbocycles. The van der Waals surface area contributed by atoms with Crippen LogP contribution in [-0.4, -0.2) is 46.9 Å². The number of esters is 1. The van der Waals surface area contributed by atoms with Crippen LogP contribution in [0, 0.1) is 6.92 Å². The van der Waals surface area contributed by atoms with Crippen molar-refractivity contribution in [3.63, 3.8) is 0 Å². The monoisotopic (exact) mass is 391 g/mol. The van der Waals surface area contributed by atoms with Crippen LogP contribution in [0.15, 0.2) is 18.5 Å². The molecule has 3 heterocycles. The molecule has 3 amide bonds. The van der Waals surface area contributed by atoms with Gasteiger partial charge in [-0.25, -0.2) is 14.3 Å². The summed E-state index contributed by atoms with van der Waals surface area (Å²) in [6, 6.07) is 0.636. The summed E-state index contributed by atoms with van der Waals surface area (Å²) in [5, 5.41) is 13.3. The fraction of sp³-hybridized carbons (Fsp3) is 0.412. The molecule has 0 radical (unpaired) electrons. The quantitative estimate of drug-likeness (QED) is 0.673. The van der Waals surface area contributed by atoms with Crippen molar-refractivity contribution in [2.75, 3.05) is 18.5 Å². The van der Waals surface area contributed by atoms with Crippen molar-refractivity contribution in [2.45, 2.75) is 32.7 Å². The van der Waals surface area contributed by atoms with Crippen molar-refractivity contribution in [1.82, 2.24) is 20.4 Å². The Balaban J connectivity index is 1.84. The summed E-state index contributed by atoms with van der Waals surface area (Å²) in [6.45, 7) is 4.33. The van der Waals surface area contributed by atoms with Crippen molar-refractivity contribution in [3.8, 4) is 5.00 Å². The summed E-state index contributed by atoms with van der Waals surface area (Å²) >= 11 is 1.22. The fourth-order valence-electron chi connectivity index (χ4n) is 2.85. The molecule has 3 rings (SSSR count). The van der Waals surface area contributed by atoms with E-state index in [1.54, 1.807) is 37.0 Å². The van der Waals surface area contributed by atoms with Crippen LogP contribution < -0.4 is 16.0 Å². The second-order valence-corrected chi connectivity index (χ2v) is 6.99. The van der Waals surface area contributed by atoms with Gasteiger partial charge in [0.2, 0.25) is 5.91 Å². The zero-order chi connectivity index (χ0) is 19.4. The standard InChI is InChI=1S/C17H21N5O4S/c1-3-26-16(24)12-10(2)15(22-9-5-8-19-22)27-14(12)21-17(25)20-11-6-4-7-18-13(11)23/h5,8-9,11H,3-4,6-7H2,1-2H3,(H,18,23)(H2,20,21,25). The molecule has 10 heteroatoms. The number of piperidine rings is 1. The summed E-state index contributed by atoms with van der Waals surface area (Å²) in [5.41, 5.74) is 0.948. The van der Waals surface area contributed by atoms with Gasteiger partial charge in [-0.1, -0.05) is 11.3 Å². The molecule has 1 saturated heterocycles. The molecule has 9 nitrogen and oxygen atoms in total. The van der Waals surface area contributed by atoms with Crippen LogP contribution in [0.25, 0.3) is 5.00 Å². The lowest BCUT2D eigenvalue weighted by atomic mass is 10.1. The molecule has 0 bridgehead atoms. The zero-order valence-electron chi connectivity index (χ0n) is 15.1. The number of hydrogen-bond donors (Lipinski definition) is 3. The molecule has 1 atom stereocenters. The van der Waals surface area contributed by atoms with Gasteiger partial charge in [0.05, 0.1) is 12.2 Å². The van der Waals surface area contributed by atoms with Crippen LogP contribution in [0.1, 0.15) is 35.7 Å². The minimum absolute atomic E-state index is 0.207. The van der Waals surface area contributed by atoms with Crippen molar-refractivity contribution in [3.05, 3.63) is 29.6 Å². The average Bonchev–Trinajstić information content (AvgIpc) is 3.25. The number of ether oxygens (including phenoxy) is 1. The molecule has 1 aliphatic heterocycles. The predicted molar refractivity (Wildman–Crippen MR) is 100 cm³/mol. The lowest BCUT2D eigenvalue weighted by Crippen LogP contribution is -2.51. The highest BCUT2D eigenvalue weighted by Crippen LogP contribution is 2.36. The minimum Gasteiger partial charge on any atom is -0.462 e. The molecule has 1 aliphatic rings. The Morgan fingerprint density at radius 3 is 2.96 bits per heavy atom. The van der Waals surface area contributed by atoms with E-state index in [4.69, 9.17) is 4.74 Å². The number of nitrogens with one attached hydrogen (secondary N) is 3. The second-order valence-electron chi connectivity index (χ2n) is 5.99. The van der Waals surface area contributed by atoms with Crippen LogP contribution in [0.2, 0.25) is 0 Å². The summed E-state index contributed by atoms with van der Waals surface area (Å²) in [7, 11) is 0. The Kier molecular flexibility index (Phi) is 5.75. The first-order valence-corrected chi connectivity index (χ1v) is 9.48. The van der Waals surface area contributed by atoms with E-state index in [2.05, 4.69) is 21.0 Å². The minimum atomic E-state index is -0.587. The molecule has 0 aliphatic carbocycles. The molecule has 2 aromatic heterocycles. The number of nitrogens with zero attached hydrogens (tertiary/aromatic N) is 2. The molecule has 0 aromatic carbocycles. The van der Waals surface area contributed by atoms with Crippen LogP contribution in [0.3, 0.4) is 0 Å². The van der Waals surface area contributed by atoms with Gasteiger partial charge in [-0.2, -0.15) is 5.10 Å². The number of urea groups is 1. The Morgan fingerprint density at radius 2 is 2.30 bits per heavy atom. The highest BCUT2D eigenvalue weighted by Gasteiger charge is 2.27. The van der Waals surface area contributed by atoms with E-state index in [-0.39, 0.29) is 18.1 Å². The van der Waals surface area contributed by atoms with Crippen molar-refractivity contribution in [1.29, 1.82) is 0 Å². The number of anilines is 1. The number of carbonyl (C=O) groups is 3. The predicted octanol–water partition coefficient (Wildman–Crippen LogP) is 1.82. The second kappa shape index (κ2) is 8.21. The fourth-order valence-corrected chi connectivity index (χ4v) is 3.99. The van der Waals surface area contributed by atoms with Gasteiger partial charge < -0.3 is 15.4 Å². The van der Waals surface area contributed by atoms with Crippen molar-refractivity contribution >= 4 is 34.2 Å². The Labute approximate surface area is 160 Å². The molecular formula is C17H21N5O4S. The third-order valence-corrected chi connectivity index (χ3v) is 5.33.